The first kappa shape index (κ1) is 9.51. The number of carboxylic acid groups (broad SMARTS) is 1. The third-order valence-corrected chi connectivity index (χ3v) is 2.07. The Morgan fingerprint density at radius 2 is 2.40 bits per heavy atom. The van der Waals surface area contributed by atoms with Crippen LogP contribution in [-0.2, 0) is 4.79 Å². The Kier molecular flexibility index (Phi) is 2.29. The molecule has 0 bridgehead atoms. The van der Waals surface area contributed by atoms with E-state index in [9.17, 15) is 4.79 Å². The Bertz CT molecular complexity index is 492. The maximum Gasteiger partial charge on any atom is 0.344 e. The van der Waals surface area contributed by atoms with Gasteiger partial charge in [0, 0.05) is 5.39 Å². The molecule has 1 unspecified atom stereocenters. The summed E-state index contributed by atoms with van der Waals surface area (Å²) in [5.74, 6) is -0.457. The fourth-order valence-electron chi connectivity index (χ4n) is 1.25. The maximum atomic E-state index is 10.6. The van der Waals surface area contributed by atoms with Crippen LogP contribution in [0.3, 0.4) is 0 Å². The van der Waals surface area contributed by atoms with Crippen LogP contribution in [-0.4, -0.2) is 27.4 Å². The van der Waals surface area contributed by atoms with E-state index >= 15 is 0 Å². The fourth-order valence-corrected chi connectivity index (χ4v) is 1.25. The number of hydrogen-bond acceptors (Lipinski definition) is 3. The second kappa shape index (κ2) is 3.61. The zero-order valence-corrected chi connectivity index (χ0v) is 8.10. The Morgan fingerprint density at radius 1 is 1.60 bits per heavy atom. The second-order valence-corrected chi connectivity index (χ2v) is 3.22. The van der Waals surface area contributed by atoms with E-state index in [4.69, 9.17) is 9.84 Å². The Labute approximate surface area is 85.7 Å². The molecule has 0 fully saturated rings. The van der Waals surface area contributed by atoms with Gasteiger partial charge < -0.3 is 9.84 Å². The molecule has 1 atom stereocenters. The van der Waals surface area contributed by atoms with E-state index in [1.165, 1.54) is 6.92 Å². The van der Waals surface area contributed by atoms with Crippen LogP contribution in [0.15, 0.2) is 24.4 Å². The number of aliphatic carboxylic acids is 1. The number of aromatic amines is 1. The van der Waals surface area contributed by atoms with Gasteiger partial charge in [-0.15, -0.1) is 0 Å². The minimum Gasteiger partial charge on any atom is -0.479 e. The molecule has 78 valence electrons. The van der Waals surface area contributed by atoms with E-state index in [-0.39, 0.29) is 0 Å². The molecule has 0 saturated carbocycles. The molecule has 5 nitrogen and oxygen atoms in total. The first-order chi connectivity index (χ1) is 7.16. The van der Waals surface area contributed by atoms with Crippen LogP contribution in [0.4, 0.5) is 0 Å². The number of aromatic nitrogens is 2. The number of fused-ring (bicyclic) bond motifs is 1. The predicted molar refractivity (Wildman–Crippen MR) is 53.8 cm³/mol. The molecule has 0 aliphatic rings. The third kappa shape index (κ3) is 1.90. The number of benzene rings is 1. The van der Waals surface area contributed by atoms with Gasteiger partial charge in [-0.25, -0.2) is 4.79 Å². The minimum atomic E-state index is -0.984. The molecule has 0 radical (unpaired) electrons. The maximum absolute atomic E-state index is 10.6. The number of ether oxygens (including phenoxy) is 1. The lowest BCUT2D eigenvalue weighted by molar-refractivity contribution is -0.144. The van der Waals surface area contributed by atoms with Gasteiger partial charge in [-0.1, -0.05) is 0 Å². The van der Waals surface area contributed by atoms with Crippen molar-refractivity contribution in [3.63, 3.8) is 0 Å². The SMILES string of the molecule is CC(Oc1ccc2[nH]ncc2c1)C(=O)O. The fraction of sp³-hybridized carbons (Fsp3) is 0.200. The lowest BCUT2D eigenvalue weighted by Crippen LogP contribution is -2.22. The van der Waals surface area contributed by atoms with E-state index in [0.29, 0.717) is 5.75 Å². The monoisotopic (exact) mass is 206 g/mol. The Balaban J connectivity index is 2.24. The third-order valence-electron chi connectivity index (χ3n) is 2.07. The molecule has 0 aliphatic carbocycles. The average Bonchev–Trinajstić information content (AvgIpc) is 2.64. The lowest BCUT2D eigenvalue weighted by atomic mass is 10.2. The quantitative estimate of drug-likeness (QED) is 0.796. The molecule has 0 aliphatic heterocycles. The molecule has 2 rings (SSSR count). The van der Waals surface area contributed by atoms with Gasteiger partial charge in [0.25, 0.3) is 0 Å². The largest absolute Gasteiger partial charge is 0.479 e. The highest BCUT2D eigenvalue weighted by atomic mass is 16.5. The van der Waals surface area contributed by atoms with Gasteiger partial charge in [0.2, 0.25) is 0 Å². The topological polar surface area (TPSA) is 75.2 Å². The number of nitrogens with zero attached hydrogens (tertiary/aromatic N) is 1. The zero-order valence-electron chi connectivity index (χ0n) is 8.10. The summed E-state index contributed by atoms with van der Waals surface area (Å²) in [6.45, 7) is 1.49. The highest BCUT2D eigenvalue weighted by Crippen LogP contribution is 2.19. The molecule has 1 aromatic carbocycles. The number of H-pyrrole nitrogens is 1. The number of hydrogen-bond donors (Lipinski definition) is 2. The Morgan fingerprint density at radius 3 is 3.13 bits per heavy atom. The molecular weight excluding hydrogens is 196 g/mol. The van der Waals surface area contributed by atoms with Crippen molar-refractivity contribution in [3.8, 4) is 5.75 Å². The van der Waals surface area contributed by atoms with Crippen LogP contribution < -0.4 is 4.74 Å². The normalized spacial score (nSPS) is 12.6. The van der Waals surface area contributed by atoms with Gasteiger partial charge in [-0.2, -0.15) is 5.10 Å². The first-order valence-corrected chi connectivity index (χ1v) is 4.49. The number of carbonyl (C=O) groups is 1. The van der Waals surface area contributed by atoms with E-state index < -0.39 is 12.1 Å². The minimum absolute atomic E-state index is 0.527. The highest BCUT2D eigenvalue weighted by molar-refractivity contribution is 5.79. The number of carboxylic acids is 1. The predicted octanol–water partition coefficient (Wildman–Crippen LogP) is 1.41. The van der Waals surface area contributed by atoms with Crippen LogP contribution in [0.1, 0.15) is 6.92 Å². The number of nitrogens with one attached hydrogen (secondary N) is 1. The van der Waals surface area contributed by atoms with Crippen molar-refractivity contribution < 1.29 is 14.6 Å². The average molecular weight is 206 g/mol. The van der Waals surface area contributed by atoms with Crippen molar-refractivity contribution in [2.75, 3.05) is 0 Å². The van der Waals surface area contributed by atoms with Crippen LogP contribution in [0.5, 0.6) is 5.75 Å². The summed E-state index contributed by atoms with van der Waals surface area (Å²) in [4.78, 5) is 10.6. The van der Waals surface area contributed by atoms with Crippen LogP contribution >= 0.6 is 0 Å². The second-order valence-electron chi connectivity index (χ2n) is 3.22. The van der Waals surface area contributed by atoms with Crippen molar-refractivity contribution in [2.24, 2.45) is 0 Å². The highest BCUT2D eigenvalue weighted by Gasteiger charge is 2.12. The lowest BCUT2D eigenvalue weighted by Gasteiger charge is -2.09. The van der Waals surface area contributed by atoms with Crippen molar-refractivity contribution in [1.29, 1.82) is 0 Å². The molecule has 1 heterocycles. The first-order valence-electron chi connectivity index (χ1n) is 4.49. The van der Waals surface area contributed by atoms with Gasteiger partial charge in [-0.05, 0) is 25.1 Å². The van der Waals surface area contributed by atoms with Gasteiger partial charge in [0.1, 0.15) is 5.75 Å². The van der Waals surface area contributed by atoms with Crippen LogP contribution in [0.2, 0.25) is 0 Å². The molecule has 1 aromatic heterocycles. The van der Waals surface area contributed by atoms with Gasteiger partial charge in [0.15, 0.2) is 6.10 Å². The van der Waals surface area contributed by atoms with Gasteiger partial charge >= 0.3 is 5.97 Å². The van der Waals surface area contributed by atoms with Crippen molar-refractivity contribution in [2.45, 2.75) is 13.0 Å². The van der Waals surface area contributed by atoms with E-state index in [0.717, 1.165) is 10.9 Å². The summed E-state index contributed by atoms with van der Waals surface area (Å²) in [7, 11) is 0. The van der Waals surface area contributed by atoms with E-state index in [1.54, 1.807) is 24.4 Å². The smallest absolute Gasteiger partial charge is 0.344 e. The van der Waals surface area contributed by atoms with E-state index in [2.05, 4.69) is 10.2 Å². The van der Waals surface area contributed by atoms with Crippen molar-refractivity contribution >= 4 is 16.9 Å². The molecule has 0 spiro atoms. The molecule has 0 amide bonds. The summed E-state index contributed by atoms with van der Waals surface area (Å²) in [6, 6.07) is 5.25. The van der Waals surface area contributed by atoms with E-state index in [1.807, 2.05) is 0 Å². The Hall–Kier alpha value is -2.04. The summed E-state index contributed by atoms with van der Waals surface area (Å²) >= 11 is 0. The molecular formula is C10H10N2O3. The standard InChI is InChI=1S/C10H10N2O3/c1-6(10(13)14)15-8-2-3-9-7(4-8)5-11-12-9/h2-6H,1H3,(H,11,12)(H,13,14). The van der Waals surface area contributed by atoms with Gasteiger partial charge in [-0.3, -0.25) is 5.10 Å². The summed E-state index contributed by atoms with van der Waals surface area (Å²) < 4.78 is 5.21. The summed E-state index contributed by atoms with van der Waals surface area (Å²) in [6.07, 6.45) is 0.808. The summed E-state index contributed by atoms with van der Waals surface area (Å²) in [5.41, 5.74) is 0.894. The molecule has 5 heteroatoms. The van der Waals surface area contributed by atoms with Crippen molar-refractivity contribution in [1.82, 2.24) is 10.2 Å². The number of rotatable bonds is 3. The molecule has 0 saturated heterocycles. The van der Waals surface area contributed by atoms with Crippen LogP contribution in [0.25, 0.3) is 10.9 Å². The van der Waals surface area contributed by atoms with Crippen molar-refractivity contribution in [3.05, 3.63) is 24.4 Å². The summed E-state index contributed by atoms with van der Waals surface area (Å²) in [5, 5.41) is 16.2. The molecule has 2 N–H and O–H groups in total. The van der Waals surface area contributed by atoms with Crippen LogP contribution in [0, 0.1) is 0 Å². The molecule has 15 heavy (non-hydrogen) atoms. The zero-order chi connectivity index (χ0) is 10.8. The van der Waals surface area contributed by atoms with Gasteiger partial charge in [0.05, 0.1) is 11.7 Å². The molecule has 2 aromatic rings.